The van der Waals surface area contributed by atoms with Gasteiger partial charge in [-0.3, -0.25) is 4.79 Å². The fraction of sp³-hybridized carbons (Fsp3) is 0.235. The van der Waals surface area contributed by atoms with Crippen molar-refractivity contribution < 1.29 is 4.79 Å². The molecule has 2 aromatic carbocycles. The van der Waals surface area contributed by atoms with Crippen LogP contribution in [0.15, 0.2) is 46.9 Å². The van der Waals surface area contributed by atoms with Crippen LogP contribution in [0.25, 0.3) is 0 Å². The summed E-state index contributed by atoms with van der Waals surface area (Å²) in [4.78, 5) is 11.9. The maximum atomic E-state index is 11.9. The van der Waals surface area contributed by atoms with Gasteiger partial charge < -0.3 is 10.6 Å². The molecule has 110 valence electrons. The summed E-state index contributed by atoms with van der Waals surface area (Å²) in [6, 6.07) is 14.1. The number of anilines is 1. The van der Waals surface area contributed by atoms with E-state index >= 15 is 0 Å². The molecule has 0 aliphatic heterocycles. The van der Waals surface area contributed by atoms with Gasteiger partial charge in [0.05, 0.1) is 6.54 Å². The van der Waals surface area contributed by atoms with Crippen LogP contribution in [0.5, 0.6) is 0 Å². The lowest BCUT2D eigenvalue weighted by molar-refractivity contribution is -0.115. The average molecular weight is 347 g/mol. The molecule has 3 nitrogen and oxygen atoms in total. The molecule has 0 saturated heterocycles. The van der Waals surface area contributed by atoms with E-state index in [4.69, 9.17) is 0 Å². The summed E-state index contributed by atoms with van der Waals surface area (Å²) in [5.41, 5.74) is 4.30. The topological polar surface area (TPSA) is 41.1 Å². The van der Waals surface area contributed by atoms with E-state index in [1.54, 1.807) is 0 Å². The van der Waals surface area contributed by atoms with Crippen molar-refractivity contribution in [3.8, 4) is 0 Å². The number of nitrogens with one attached hydrogen (secondary N) is 2. The van der Waals surface area contributed by atoms with Crippen molar-refractivity contribution in [3.63, 3.8) is 0 Å². The first kappa shape index (κ1) is 15.7. The first-order valence-corrected chi connectivity index (χ1v) is 7.66. The van der Waals surface area contributed by atoms with Crippen LogP contribution < -0.4 is 10.6 Å². The zero-order valence-electron chi connectivity index (χ0n) is 12.2. The van der Waals surface area contributed by atoms with Crippen LogP contribution in [0.1, 0.15) is 16.7 Å². The van der Waals surface area contributed by atoms with Gasteiger partial charge >= 0.3 is 0 Å². The molecule has 0 saturated carbocycles. The highest BCUT2D eigenvalue weighted by Gasteiger charge is 2.04. The monoisotopic (exact) mass is 346 g/mol. The summed E-state index contributed by atoms with van der Waals surface area (Å²) in [6.45, 7) is 5.02. The Morgan fingerprint density at radius 3 is 2.67 bits per heavy atom. The highest BCUT2D eigenvalue weighted by Crippen LogP contribution is 2.19. The molecule has 0 aliphatic carbocycles. The van der Waals surface area contributed by atoms with Gasteiger partial charge in [-0.25, -0.2) is 0 Å². The van der Waals surface area contributed by atoms with Crippen molar-refractivity contribution in [1.29, 1.82) is 0 Å². The van der Waals surface area contributed by atoms with Gasteiger partial charge in [0.2, 0.25) is 5.91 Å². The standard InChI is InChI=1S/C17H19BrN2O/c1-12-4-3-5-14(8-12)10-19-11-17(21)20-16-7-6-15(18)9-13(16)2/h3-9,19H,10-11H2,1-2H3,(H,20,21). The maximum absolute atomic E-state index is 11.9. The summed E-state index contributed by atoms with van der Waals surface area (Å²) < 4.78 is 1.01. The van der Waals surface area contributed by atoms with Crippen molar-refractivity contribution in [2.45, 2.75) is 20.4 Å². The molecule has 4 heteroatoms. The molecule has 0 fully saturated rings. The lowest BCUT2D eigenvalue weighted by atomic mass is 10.1. The Kier molecular flexibility index (Phi) is 5.53. The summed E-state index contributed by atoms with van der Waals surface area (Å²) in [6.07, 6.45) is 0. The molecule has 0 spiro atoms. The van der Waals surface area contributed by atoms with Crippen LogP contribution in [-0.4, -0.2) is 12.5 Å². The highest BCUT2D eigenvalue weighted by molar-refractivity contribution is 9.10. The number of rotatable bonds is 5. The SMILES string of the molecule is Cc1cccc(CNCC(=O)Nc2ccc(Br)cc2C)c1. The number of hydrogen-bond acceptors (Lipinski definition) is 2. The van der Waals surface area contributed by atoms with Gasteiger partial charge in [0.25, 0.3) is 0 Å². The van der Waals surface area contributed by atoms with Crippen molar-refractivity contribution in [2.75, 3.05) is 11.9 Å². The van der Waals surface area contributed by atoms with Gasteiger partial charge in [-0.15, -0.1) is 0 Å². The molecule has 1 amide bonds. The molecule has 0 aromatic heterocycles. The van der Waals surface area contributed by atoms with Crippen molar-refractivity contribution in [1.82, 2.24) is 5.32 Å². The molecule has 0 radical (unpaired) electrons. The molecule has 0 aliphatic rings. The predicted molar refractivity (Wildman–Crippen MR) is 90.4 cm³/mol. The second kappa shape index (κ2) is 7.38. The number of carbonyl (C=O) groups is 1. The molecule has 0 unspecified atom stereocenters. The Hall–Kier alpha value is -1.65. The minimum absolute atomic E-state index is 0.0342. The van der Waals surface area contributed by atoms with E-state index in [1.807, 2.05) is 31.2 Å². The normalized spacial score (nSPS) is 10.4. The highest BCUT2D eigenvalue weighted by atomic mass is 79.9. The van der Waals surface area contributed by atoms with Crippen LogP contribution in [0.3, 0.4) is 0 Å². The summed E-state index contributed by atoms with van der Waals surface area (Å²) in [7, 11) is 0. The van der Waals surface area contributed by atoms with E-state index in [2.05, 4.69) is 51.7 Å². The van der Waals surface area contributed by atoms with Gasteiger partial charge in [-0.1, -0.05) is 45.8 Å². The summed E-state index contributed by atoms with van der Waals surface area (Å²) >= 11 is 3.41. The second-order valence-corrected chi connectivity index (χ2v) is 6.02. The number of benzene rings is 2. The van der Waals surface area contributed by atoms with E-state index in [0.717, 1.165) is 15.7 Å². The fourth-order valence-electron chi connectivity index (χ4n) is 2.10. The lowest BCUT2D eigenvalue weighted by Gasteiger charge is -2.10. The zero-order valence-corrected chi connectivity index (χ0v) is 13.8. The quantitative estimate of drug-likeness (QED) is 0.864. The van der Waals surface area contributed by atoms with E-state index in [1.165, 1.54) is 11.1 Å². The smallest absolute Gasteiger partial charge is 0.238 e. The number of amides is 1. The average Bonchev–Trinajstić information content (AvgIpc) is 2.42. The maximum Gasteiger partial charge on any atom is 0.238 e. The predicted octanol–water partition coefficient (Wildman–Crippen LogP) is 3.79. The van der Waals surface area contributed by atoms with Crippen LogP contribution >= 0.6 is 15.9 Å². The number of halogens is 1. The molecular weight excluding hydrogens is 328 g/mol. The minimum atomic E-state index is -0.0342. The van der Waals surface area contributed by atoms with Crippen LogP contribution in [0, 0.1) is 13.8 Å². The van der Waals surface area contributed by atoms with E-state index in [9.17, 15) is 4.79 Å². The first-order valence-electron chi connectivity index (χ1n) is 6.87. The Morgan fingerprint density at radius 2 is 1.95 bits per heavy atom. The van der Waals surface area contributed by atoms with Gasteiger partial charge in [0.15, 0.2) is 0 Å². The third kappa shape index (κ3) is 4.99. The Morgan fingerprint density at radius 1 is 1.14 bits per heavy atom. The molecule has 2 rings (SSSR count). The number of carbonyl (C=O) groups excluding carboxylic acids is 1. The molecular formula is C17H19BrN2O. The third-order valence-corrected chi connectivity index (χ3v) is 3.65. The largest absolute Gasteiger partial charge is 0.325 e. The van der Waals surface area contributed by atoms with Gasteiger partial charge in [-0.2, -0.15) is 0 Å². The summed E-state index contributed by atoms with van der Waals surface area (Å²) in [5, 5.41) is 6.07. The Bertz CT molecular complexity index is 640. The van der Waals surface area contributed by atoms with Gasteiger partial charge in [0.1, 0.15) is 0 Å². The molecule has 0 heterocycles. The van der Waals surface area contributed by atoms with Crippen LogP contribution in [0.2, 0.25) is 0 Å². The van der Waals surface area contributed by atoms with Crippen molar-refractivity contribution in [3.05, 3.63) is 63.6 Å². The number of hydrogen-bond donors (Lipinski definition) is 2. The van der Waals surface area contributed by atoms with Crippen LogP contribution in [-0.2, 0) is 11.3 Å². The Balaban J connectivity index is 1.82. The van der Waals surface area contributed by atoms with E-state index < -0.39 is 0 Å². The molecule has 21 heavy (non-hydrogen) atoms. The molecule has 0 atom stereocenters. The molecule has 2 aromatic rings. The summed E-state index contributed by atoms with van der Waals surface area (Å²) in [5.74, 6) is -0.0342. The minimum Gasteiger partial charge on any atom is -0.325 e. The lowest BCUT2D eigenvalue weighted by Crippen LogP contribution is -2.28. The van der Waals surface area contributed by atoms with E-state index in [0.29, 0.717) is 13.1 Å². The fourth-order valence-corrected chi connectivity index (χ4v) is 2.58. The molecule has 0 bridgehead atoms. The molecule has 2 N–H and O–H groups in total. The van der Waals surface area contributed by atoms with Crippen molar-refractivity contribution >= 4 is 27.5 Å². The van der Waals surface area contributed by atoms with Crippen LogP contribution in [0.4, 0.5) is 5.69 Å². The van der Waals surface area contributed by atoms with Gasteiger partial charge in [-0.05, 0) is 43.2 Å². The number of aryl methyl sites for hydroxylation is 2. The third-order valence-electron chi connectivity index (χ3n) is 3.16. The zero-order chi connectivity index (χ0) is 15.2. The first-order chi connectivity index (χ1) is 10.0. The van der Waals surface area contributed by atoms with Gasteiger partial charge in [0, 0.05) is 16.7 Å². The second-order valence-electron chi connectivity index (χ2n) is 5.10. The van der Waals surface area contributed by atoms with Crippen molar-refractivity contribution in [2.24, 2.45) is 0 Å². The van der Waals surface area contributed by atoms with E-state index in [-0.39, 0.29) is 5.91 Å². The Labute approximate surface area is 133 Å².